The molecule has 3 heteroatoms. The number of hydrogen-bond acceptors (Lipinski definition) is 3. The molecule has 0 aromatic carbocycles. The molecule has 0 spiro atoms. The van der Waals surface area contributed by atoms with E-state index in [0.717, 1.165) is 25.6 Å². The fourth-order valence-electron chi connectivity index (χ4n) is 2.21. The molecule has 1 fully saturated rings. The van der Waals surface area contributed by atoms with Crippen molar-refractivity contribution < 1.29 is 4.74 Å². The van der Waals surface area contributed by atoms with Crippen LogP contribution in [0.1, 0.15) is 46.5 Å². The van der Waals surface area contributed by atoms with Crippen LogP contribution >= 0.6 is 0 Å². The summed E-state index contributed by atoms with van der Waals surface area (Å²) in [6, 6.07) is 1.36. The molecule has 16 heavy (non-hydrogen) atoms. The third kappa shape index (κ3) is 6.46. The SMILES string of the molecule is CC(CC1CCCN1)NCCCOC(C)C. The molecule has 0 radical (unpaired) electrons. The zero-order valence-corrected chi connectivity index (χ0v) is 11.1. The van der Waals surface area contributed by atoms with Gasteiger partial charge in [0.2, 0.25) is 0 Å². The van der Waals surface area contributed by atoms with E-state index in [1.54, 1.807) is 0 Å². The van der Waals surface area contributed by atoms with Crippen LogP contribution < -0.4 is 10.6 Å². The second kappa shape index (κ2) is 8.04. The standard InChI is InChI=1S/C13H28N2O/c1-11(2)16-9-5-8-14-12(3)10-13-6-4-7-15-13/h11-15H,4-10H2,1-3H3. The molecule has 3 nitrogen and oxygen atoms in total. The van der Waals surface area contributed by atoms with E-state index in [1.165, 1.54) is 25.8 Å². The van der Waals surface area contributed by atoms with Crippen molar-refractivity contribution in [2.24, 2.45) is 0 Å². The summed E-state index contributed by atoms with van der Waals surface area (Å²) < 4.78 is 5.50. The zero-order chi connectivity index (χ0) is 11.8. The third-order valence-corrected chi connectivity index (χ3v) is 3.07. The lowest BCUT2D eigenvalue weighted by Crippen LogP contribution is -2.34. The average Bonchev–Trinajstić information content (AvgIpc) is 2.69. The first-order valence-corrected chi connectivity index (χ1v) is 6.77. The summed E-state index contributed by atoms with van der Waals surface area (Å²) in [5, 5.41) is 7.10. The van der Waals surface area contributed by atoms with Gasteiger partial charge in [0.05, 0.1) is 6.10 Å². The molecule has 0 amide bonds. The summed E-state index contributed by atoms with van der Waals surface area (Å²) in [6.07, 6.45) is 5.42. The molecule has 1 rings (SSSR count). The van der Waals surface area contributed by atoms with E-state index in [9.17, 15) is 0 Å². The highest BCUT2D eigenvalue weighted by Crippen LogP contribution is 2.10. The Labute approximate surface area is 100 Å². The Hall–Kier alpha value is -0.120. The van der Waals surface area contributed by atoms with Gasteiger partial charge in [0, 0.05) is 18.7 Å². The van der Waals surface area contributed by atoms with Crippen LogP contribution in [-0.2, 0) is 4.74 Å². The molecule has 1 aliphatic heterocycles. The van der Waals surface area contributed by atoms with Gasteiger partial charge in [0.25, 0.3) is 0 Å². The maximum absolute atomic E-state index is 5.50. The van der Waals surface area contributed by atoms with Gasteiger partial charge < -0.3 is 15.4 Å². The Bertz CT molecular complexity index is 167. The maximum Gasteiger partial charge on any atom is 0.0518 e. The first-order chi connectivity index (χ1) is 7.68. The molecule has 0 aliphatic carbocycles. The van der Waals surface area contributed by atoms with Crippen molar-refractivity contribution in [3.05, 3.63) is 0 Å². The van der Waals surface area contributed by atoms with Crippen LogP contribution in [0, 0.1) is 0 Å². The average molecular weight is 228 g/mol. The second-order valence-electron chi connectivity index (χ2n) is 5.16. The highest BCUT2D eigenvalue weighted by molar-refractivity contribution is 4.78. The van der Waals surface area contributed by atoms with Crippen LogP contribution in [0.4, 0.5) is 0 Å². The summed E-state index contributed by atoms with van der Waals surface area (Å²) in [7, 11) is 0. The van der Waals surface area contributed by atoms with Gasteiger partial charge >= 0.3 is 0 Å². The van der Waals surface area contributed by atoms with Crippen LogP contribution in [0.25, 0.3) is 0 Å². The summed E-state index contributed by atoms with van der Waals surface area (Å²) in [5.74, 6) is 0. The minimum Gasteiger partial charge on any atom is -0.379 e. The van der Waals surface area contributed by atoms with E-state index >= 15 is 0 Å². The van der Waals surface area contributed by atoms with Crippen molar-refractivity contribution in [1.29, 1.82) is 0 Å². The number of nitrogens with one attached hydrogen (secondary N) is 2. The van der Waals surface area contributed by atoms with Crippen LogP contribution in [0.15, 0.2) is 0 Å². The van der Waals surface area contributed by atoms with Crippen LogP contribution in [0.3, 0.4) is 0 Å². The number of rotatable bonds is 8. The van der Waals surface area contributed by atoms with Gasteiger partial charge in [0.1, 0.15) is 0 Å². The van der Waals surface area contributed by atoms with Crippen molar-refractivity contribution in [2.45, 2.75) is 64.6 Å². The first kappa shape index (κ1) is 13.9. The smallest absolute Gasteiger partial charge is 0.0518 e. The van der Waals surface area contributed by atoms with Crippen LogP contribution in [-0.4, -0.2) is 37.9 Å². The minimum atomic E-state index is 0.361. The van der Waals surface area contributed by atoms with Gasteiger partial charge in [-0.05, 0) is 59.5 Å². The molecule has 1 heterocycles. The monoisotopic (exact) mass is 228 g/mol. The molecule has 2 unspecified atom stereocenters. The fraction of sp³-hybridized carbons (Fsp3) is 1.00. The van der Waals surface area contributed by atoms with Crippen molar-refractivity contribution in [3.8, 4) is 0 Å². The van der Waals surface area contributed by atoms with E-state index in [-0.39, 0.29) is 0 Å². The van der Waals surface area contributed by atoms with Gasteiger partial charge in [0.15, 0.2) is 0 Å². The highest BCUT2D eigenvalue weighted by Gasteiger charge is 2.16. The molecule has 1 saturated heterocycles. The van der Waals surface area contributed by atoms with Crippen molar-refractivity contribution >= 4 is 0 Å². The van der Waals surface area contributed by atoms with Crippen LogP contribution in [0.2, 0.25) is 0 Å². The van der Waals surface area contributed by atoms with Gasteiger partial charge in [-0.15, -0.1) is 0 Å². The Morgan fingerprint density at radius 2 is 2.19 bits per heavy atom. The van der Waals surface area contributed by atoms with Gasteiger partial charge in [-0.25, -0.2) is 0 Å². The lowest BCUT2D eigenvalue weighted by atomic mass is 10.1. The number of ether oxygens (including phenoxy) is 1. The topological polar surface area (TPSA) is 33.3 Å². The van der Waals surface area contributed by atoms with Crippen molar-refractivity contribution in [3.63, 3.8) is 0 Å². The lowest BCUT2D eigenvalue weighted by Gasteiger charge is -2.18. The van der Waals surface area contributed by atoms with Gasteiger partial charge in [-0.1, -0.05) is 0 Å². The second-order valence-corrected chi connectivity index (χ2v) is 5.16. The molecular weight excluding hydrogens is 200 g/mol. The lowest BCUT2D eigenvalue weighted by molar-refractivity contribution is 0.0767. The summed E-state index contributed by atoms with van der Waals surface area (Å²) in [6.45, 7) is 9.60. The Morgan fingerprint density at radius 3 is 2.81 bits per heavy atom. The largest absolute Gasteiger partial charge is 0.379 e. The molecule has 2 atom stereocenters. The number of hydrogen-bond donors (Lipinski definition) is 2. The van der Waals surface area contributed by atoms with E-state index < -0.39 is 0 Å². The summed E-state index contributed by atoms with van der Waals surface area (Å²) in [4.78, 5) is 0. The molecule has 96 valence electrons. The molecule has 0 saturated carbocycles. The summed E-state index contributed by atoms with van der Waals surface area (Å²) >= 11 is 0. The van der Waals surface area contributed by atoms with E-state index in [0.29, 0.717) is 12.1 Å². The van der Waals surface area contributed by atoms with Crippen molar-refractivity contribution in [1.82, 2.24) is 10.6 Å². The Morgan fingerprint density at radius 1 is 1.38 bits per heavy atom. The molecular formula is C13H28N2O. The minimum absolute atomic E-state index is 0.361. The van der Waals surface area contributed by atoms with Gasteiger partial charge in [-0.2, -0.15) is 0 Å². The summed E-state index contributed by atoms with van der Waals surface area (Å²) in [5.41, 5.74) is 0. The quantitative estimate of drug-likeness (QED) is 0.623. The molecule has 0 aromatic heterocycles. The highest BCUT2D eigenvalue weighted by atomic mass is 16.5. The predicted octanol–water partition coefficient (Wildman–Crippen LogP) is 1.92. The van der Waals surface area contributed by atoms with E-state index in [2.05, 4.69) is 31.4 Å². The van der Waals surface area contributed by atoms with Gasteiger partial charge in [-0.3, -0.25) is 0 Å². The molecule has 2 N–H and O–H groups in total. The Balaban J connectivity index is 1.91. The third-order valence-electron chi connectivity index (χ3n) is 3.07. The molecule has 0 bridgehead atoms. The first-order valence-electron chi connectivity index (χ1n) is 6.77. The van der Waals surface area contributed by atoms with Crippen molar-refractivity contribution in [2.75, 3.05) is 19.7 Å². The Kier molecular flexibility index (Phi) is 7.01. The maximum atomic E-state index is 5.50. The fourth-order valence-corrected chi connectivity index (χ4v) is 2.21. The molecule has 0 aromatic rings. The zero-order valence-electron chi connectivity index (χ0n) is 11.1. The van der Waals surface area contributed by atoms with E-state index in [4.69, 9.17) is 4.74 Å². The predicted molar refractivity (Wildman–Crippen MR) is 68.8 cm³/mol. The van der Waals surface area contributed by atoms with Crippen LogP contribution in [0.5, 0.6) is 0 Å². The normalized spacial score (nSPS) is 22.9. The van der Waals surface area contributed by atoms with E-state index in [1.807, 2.05) is 0 Å². The molecule has 1 aliphatic rings.